The summed E-state index contributed by atoms with van der Waals surface area (Å²) in [6.45, 7) is 1.88. The molecule has 3 rings (SSSR count). The van der Waals surface area contributed by atoms with Crippen molar-refractivity contribution in [1.82, 2.24) is 0 Å². The molecule has 2 aromatic carbocycles. The molecule has 0 atom stereocenters. The molecule has 0 bridgehead atoms. The molecule has 0 spiro atoms. The van der Waals surface area contributed by atoms with E-state index in [1.807, 2.05) is 0 Å². The van der Waals surface area contributed by atoms with Crippen LogP contribution in [0.3, 0.4) is 0 Å². The predicted octanol–water partition coefficient (Wildman–Crippen LogP) is 7.68. The van der Waals surface area contributed by atoms with Crippen molar-refractivity contribution in [2.45, 2.75) is 70.8 Å². The Morgan fingerprint density at radius 1 is 0.862 bits per heavy atom. The third-order valence-corrected chi connectivity index (χ3v) is 5.91. The number of hydrogen-bond donors (Lipinski definition) is 0. The van der Waals surface area contributed by atoms with Gasteiger partial charge in [0.25, 0.3) is 0 Å². The number of para-hydroxylation sites is 1. The zero-order valence-electron chi connectivity index (χ0n) is 16.8. The molecule has 0 radical (unpaired) electrons. The molecular formula is C24H28F4O. The Bertz CT molecular complexity index is 769. The lowest BCUT2D eigenvalue weighted by Crippen LogP contribution is -2.16. The first-order valence-electron chi connectivity index (χ1n) is 10.5. The first-order valence-corrected chi connectivity index (χ1v) is 10.5. The van der Waals surface area contributed by atoms with Gasteiger partial charge in [0, 0.05) is 5.56 Å². The quantitative estimate of drug-likeness (QED) is 0.321. The van der Waals surface area contributed by atoms with E-state index in [9.17, 15) is 17.6 Å². The molecule has 0 aliphatic heterocycles. The highest BCUT2D eigenvalue weighted by atomic mass is 19.1. The maximum atomic E-state index is 14.7. The topological polar surface area (TPSA) is 9.23 Å². The molecule has 0 unspecified atom stereocenters. The van der Waals surface area contributed by atoms with Crippen LogP contribution in [0, 0.1) is 29.2 Å². The molecule has 2 aromatic rings. The first-order chi connectivity index (χ1) is 14.0. The van der Waals surface area contributed by atoms with Crippen LogP contribution in [0.1, 0.15) is 75.3 Å². The van der Waals surface area contributed by atoms with Crippen LogP contribution in [-0.4, -0.2) is 0 Å². The molecule has 0 saturated heterocycles. The normalized spacial score (nSPS) is 19.3. The summed E-state index contributed by atoms with van der Waals surface area (Å²) in [7, 11) is 0. The van der Waals surface area contributed by atoms with Crippen molar-refractivity contribution in [1.29, 1.82) is 0 Å². The van der Waals surface area contributed by atoms with E-state index in [0.717, 1.165) is 37.8 Å². The summed E-state index contributed by atoms with van der Waals surface area (Å²) in [5.41, 5.74) is 0.345. The number of rotatable bonds is 8. The third-order valence-electron chi connectivity index (χ3n) is 5.91. The lowest BCUT2D eigenvalue weighted by atomic mass is 9.76. The Balaban J connectivity index is 1.63. The van der Waals surface area contributed by atoms with E-state index in [1.54, 1.807) is 0 Å². The monoisotopic (exact) mass is 408 g/mol. The third kappa shape index (κ3) is 5.52. The Labute approximate surface area is 170 Å². The number of halogens is 4. The smallest absolute Gasteiger partial charge is 0.191 e. The minimum absolute atomic E-state index is 0.114. The van der Waals surface area contributed by atoms with Gasteiger partial charge in [-0.3, -0.25) is 0 Å². The van der Waals surface area contributed by atoms with Gasteiger partial charge in [0.1, 0.15) is 18.2 Å². The molecule has 0 amide bonds. The van der Waals surface area contributed by atoms with Gasteiger partial charge >= 0.3 is 0 Å². The second-order valence-electron chi connectivity index (χ2n) is 8.03. The van der Waals surface area contributed by atoms with Gasteiger partial charge < -0.3 is 4.74 Å². The highest BCUT2D eigenvalue weighted by molar-refractivity contribution is 5.31. The average molecular weight is 408 g/mol. The zero-order valence-corrected chi connectivity index (χ0v) is 16.8. The summed E-state index contributed by atoms with van der Waals surface area (Å²) in [6.07, 6.45) is 8.46. The van der Waals surface area contributed by atoms with Gasteiger partial charge in [-0.05, 0) is 67.3 Å². The Morgan fingerprint density at radius 3 is 2.07 bits per heavy atom. The van der Waals surface area contributed by atoms with Crippen molar-refractivity contribution in [3.8, 4) is 5.75 Å². The van der Waals surface area contributed by atoms with Gasteiger partial charge in [-0.25, -0.2) is 17.6 Å². The second kappa shape index (κ2) is 10.1. The van der Waals surface area contributed by atoms with E-state index in [1.165, 1.54) is 43.9 Å². The molecule has 5 heteroatoms. The number of unbranched alkanes of at least 4 members (excludes halogenated alkanes) is 2. The largest absolute Gasteiger partial charge is 0.483 e. The SMILES string of the molecule is CCCCC[C@H]1CC[C@H](c2c(F)cc(COc3c(F)cccc3F)cc2F)CC1. The van der Waals surface area contributed by atoms with Crippen molar-refractivity contribution >= 4 is 0 Å². The number of hydrogen-bond acceptors (Lipinski definition) is 1. The molecule has 29 heavy (non-hydrogen) atoms. The minimum Gasteiger partial charge on any atom is -0.483 e. The van der Waals surface area contributed by atoms with E-state index in [-0.39, 0.29) is 23.7 Å². The predicted molar refractivity (Wildman–Crippen MR) is 106 cm³/mol. The van der Waals surface area contributed by atoms with Crippen molar-refractivity contribution in [2.75, 3.05) is 0 Å². The van der Waals surface area contributed by atoms with Crippen LogP contribution >= 0.6 is 0 Å². The van der Waals surface area contributed by atoms with Crippen molar-refractivity contribution in [3.63, 3.8) is 0 Å². The fourth-order valence-electron chi connectivity index (χ4n) is 4.31. The van der Waals surface area contributed by atoms with Crippen LogP contribution in [0.25, 0.3) is 0 Å². The fraction of sp³-hybridized carbons (Fsp3) is 0.500. The molecule has 158 valence electrons. The Kier molecular flexibility index (Phi) is 7.57. The standard InChI is InChI=1S/C24H28F4O/c1-2-3-4-6-16-9-11-18(12-10-16)23-21(27)13-17(14-22(23)28)15-29-24-19(25)7-5-8-20(24)26/h5,7-8,13-14,16,18H,2-4,6,9-12,15H2,1H3/t16-,18-. The average Bonchev–Trinajstić information content (AvgIpc) is 2.68. The highest BCUT2D eigenvalue weighted by Crippen LogP contribution is 2.40. The first kappa shape index (κ1) is 21.7. The van der Waals surface area contributed by atoms with Gasteiger partial charge in [-0.2, -0.15) is 0 Å². The molecule has 1 aliphatic carbocycles. The van der Waals surface area contributed by atoms with Crippen LogP contribution in [0.2, 0.25) is 0 Å². The number of benzene rings is 2. The van der Waals surface area contributed by atoms with Crippen molar-refractivity contribution in [2.24, 2.45) is 5.92 Å². The highest BCUT2D eigenvalue weighted by Gasteiger charge is 2.27. The van der Waals surface area contributed by atoms with E-state index >= 15 is 0 Å². The number of ether oxygens (including phenoxy) is 1. The summed E-state index contributed by atoms with van der Waals surface area (Å²) in [5.74, 6) is -2.90. The van der Waals surface area contributed by atoms with Crippen molar-refractivity contribution in [3.05, 3.63) is 64.7 Å². The van der Waals surface area contributed by atoms with Crippen molar-refractivity contribution < 1.29 is 22.3 Å². The molecule has 1 nitrogen and oxygen atoms in total. The molecular weight excluding hydrogens is 380 g/mol. The summed E-state index contributed by atoms with van der Waals surface area (Å²) in [4.78, 5) is 0. The molecule has 1 aliphatic rings. The van der Waals surface area contributed by atoms with E-state index < -0.39 is 29.0 Å². The fourth-order valence-corrected chi connectivity index (χ4v) is 4.31. The lowest BCUT2D eigenvalue weighted by molar-refractivity contribution is 0.272. The van der Waals surface area contributed by atoms with Gasteiger partial charge in [0.05, 0.1) is 0 Å². The van der Waals surface area contributed by atoms with Crippen LogP contribution in [-0.2, 0) is 6.61 Å². The van der Waals surface area contributed by atoms with E-state index in [4.69, 9.17) is 4.74 Å². The minimum atomic E-state index is -0.849. The Hall–Kier alpha value is -2.04. The van der Waals surface area contributed by atoms with Gasteiger partial charge in [0.15, 0.2) is 17.4 Å². The summed E-state index contributed by atoms with van der Waals surface area (Å²) in [6, 6.07) is 5.79. The van der Waals surface area contributed by atoms with Crippen LogP contribution in [0.15, 0.2) is 30.3 Å². The Morgan fingerprint density at radius 2 is 1.48 bits per heavy atom. The second-order valence-corrected chi connectivity index (χ2v) is 8.03. The summed E-state index contributed by atoms with van der Waals surface area (Å²) >= 11 is 0. The van der Waals surface area contributed by atoms with Crippen LogP contribution in [0.5, 0.6) is 5.75 Å². The van der Waals surface area contributed by atoms with Gasteiger partial charge in [0.2, 0.25) is 0 Å². The molecule has 0 heterocycles. The molecule has 0 aromatic heterocycles. The molecule has 1 saturated carbocycles. The summed E-state index contributed by atoms with van der Waals surface area (Å²) in [5, 5.41) is 0. The molecule has 1 fully saturated rings. The molecule has 0 N–H and O–H groups in total. The van der Waals surface area contributed by atoms with Crippen LogP contribution < -0.4 is 4.74 Å². The van der Waals surface area contributed by atoms with E-state index in [2.05, 4.69) is 6.92 Å². The van der Waals surface area contributed by atoms with Gasteiger partial charge in [-0.1, -0.05) is 38.7 Å². The zero-order chi connectivity index (χ0) is 20.8. The lowest BCUT2D eigenvalue weighted by Gasteiger charge is -2.29. The van der Waals surface area contributed by atoms with Crippen LogP contribution in [0.4, 0.5) is 17.6 Å². The maximum Gasteiger partial charge on any atom is 0.191 e. The van der Waals surface area contributed by atoms with E-state index in [0.29, 0.717) is 5.92 Å². The maximum absolute atomic E-state index is 14.7. The van der Waals surface area contributed by atoms with Gasteiger partial charge in [-0.15, -0.1) is 0 Å². The summed E-state index contributed by atoms with van der Waals surface area (Å²) < 4.78 is 61.8.